The standard InChI is InChI=1S/C9H9N5O2.C9H11N5/c1-6-5-8(3-4-9(6)14(15)16)13-7(2)10-11-12-13;1-6-5-8(3-4-9(6)10)14-7(2)11-12-13-14/h3-5H,1-2H3;3-5H,10H2,1-2H3. The van der Waals surface area contributed by atoms with Crippen LogP contribution in [0.2, 0.25) is 0 Å². The number of nitro groups is 1. The van der Waals surface area contributed by atoms with Gasteiger partial charge >= 0.3 is 0 Å². The zero-order chi connectivity index (χ0) is 21.8. The fourth-order valence-electron chi connectivity index (χ4n) is 2.71. The van der Waals surface area contributed by atoms with E-state index in [1.165, 1.54) is 10.7 Å². The lowest BCUT2D eigenvalue weighted by atomic mass is 10.2. The molecule has 0 aliphatic carbocycles. The summed E-state index contributed by atoms with van der Waals surface area (Å²) in [5, 5.41) is 33.0. The lowest BCUT2D eigenvalue weighted by Crippen LogP contribution is -2.01. The van der Waals surface area contributed by atoms with E-state index in [1.54, 1.807) is 30.7 Å². The highest BCUT2D eigenvalue weighted by Crippen LogP contribution is 2.20. The van der Waals surface area contributed by atoms with Crippen molar-refractivity contribution in [3.05, 3.63) is 69.3 Å². The average Bonchev–Trinajstić information content (AvgIpc) is 3.32. The monoisotopic (exact) mass is 408 g/mol. The molecule has 4 rings (SSSR count). The number of aryl methyl sites for hydroxylation is 4. The molecule has 0 unspecified atom stereocenters. The van der Waals surface area contributed by atoms with Crippen LogP contribution in [0.5, 0.6) is 0 Å². The Balaban J connectivity index is 0.000000172. The van der Waals surface area contributed by atoms with Gasteiger partial charge in [-0.25, -0.2) is 0 Å². The number of nitrogens with two attached hydrogens (primary N) is 1. The highest BCUT2D eigenvalue weighted by atomic mass is 16.6. The number of aromatic nitrogens is 8. The fourth-order valence-corrected chi connectivity index (χ4v) is 2.71. The van der Waals surface area contributed by atoms with Crippen molar-refractivity contribution in [2.24, 2.45) is 0 Å². The molecular weight excluding hydrogens is 388 g/mol. The van der Waals surface area contributed by atoms with Gasteiger partial charge in [0.1, 0.15) is 0 Å². The van der Waals surface area contributed by atoms with Crippen LogP contribution in [0, 0.1) is 37.8 Å². The van der Waals surface area contributed by atoms with Crippen molar-refractivity contribution in [3.63, 3.8) is 0 Å². The Bertz CT molecular complexity index is 1200. The van der Waals surface area contributed by atoms with Gasteiger partial charge < -0.3 is 5.73 Å². The van der Waals surface area contributed by atoms with Gasteiger partial charge in [-0.2, -0.15) is 9.36 Å². The number of rotatable bonds is 3. The van der Waals surface area contributed by atoms with Crippen molar-refractivity contribution in [1.82, 2.24) is 40.4 Å². The van der Waals surface area contributed by atoms with Gasteiger partial charge in [0.2, 0.25) is 0 Å². The SMILES string of the molecule is Cc1cc(-n2nnnc2C)ccc1N.Cc1cc(-n2nnnc2C)ccc1[N+](=O)[O-]. The first-order chi connectivity index (χ1) is 14.3. The molecule has 2 aromatic heterocycles. The number of hydrogen-bond acceptors (Lipinski definition) is 9. The molecule has 0 fully saturated rings. The van der Waals surface area contributed by atoms with Crippen molar-refractivity contribution in [2.45, 2.75) is 27.7 Å². The van der Waals surface area contributed by atoms with E-state index in [9.17, 15) is 10.1 Å². The van der Waals surface area contributed by atoms with E-state index in [0.29, 0.717) is 17.1 Å². The van der Waals surface area contributed by atoms with Gasteiger partial charge in [-0.05, 0) is 84.4 Å². The maximum absolute atomic E-state index is 10.6. The maximum atomic E-state index is 10.6. The largest absolute Gasteiger partial charge is 0.399 e. The normalized spacial score (nSPS) is 10.4. The van der Waals surface area contributed by atoms with E-state index < -0.39 is 4.92 Å². The second-order valence-corrected chi connectivity index (χ2v) is 6.54. The topological polar surface area (TPSA) is 156 Å². The molecule has 30 heavy (non-hydrogen) atoms. The van der Waals surface area contributed by atoms with Crippen molar-refractivity contribution in [1.29, 1.82) is 0 Å². The van der Waals surface area contributed by atoms with E-state index in [1.807, 2.05) is 32.0 Å². The Labute approximate surface area is 171 Å². The van der Waals surface area contributed by atoms with Crippen LogP contribution < -0.4 is 5.73 Å². The lowest BCUT2D eigenvalue weighted by Gasteiger charge is -2.04. The predicted molar refractivity (Wildman–Crippen MR) is 108 cm³/mol. The first kappa shape index (κ1) is 20.5. The molecule has 2 N–H and O–H groups in total. The van der Waals surface area contributed by atoms with E-state index in [4.69, 9.17) is 5.73 Å². The minimum Gasteiger partial charge on any atom is -0.399 e. The number of nitrogens with zero attached hydrogens (tertiary/aromatic N) is 9. The Hall–Kier alpha value is -4.22. The summed E-state index contributed by atoms with van der Waals surface area (Å²) in [5.41, 5.74) is 9.84. The molecule has 0 aliphatic heterocycles. The molecule has 4 aromatic rings. The van der Waals surface area contributed by atoms with Gasteiger partial charge in [0.05, 0.1) is 16.3 Å². The first-order valence-electron chi connectivity index (χ1n) is 8.90. The Morgan fingerprint density at radius 3 is 1.73 bits per heavy atom. The molecule has 0 aliphatic rings. The molecule has 12 heteroatoms. The van der Waals surface area contributed by atoms with Crippen LogP contribution in [-0.4, -0.2) is 45.3 Å². The third-order valence-electron chi connectivity index (χ3n) is 4.37. The van der Waals surface area contributed by atoms with Gasteiger partial charge in [0.15, 0.2) is 11.6 Å². The number of hydrogen-bond donors (Lipinski definition) is 1. The first-order valence-corrected chi connectivity index (χ1v) is 8.90. The second kappa shape index (κ2) is 8.43. The van der Waals surface area contributed by atoms with E-state index >= 15 is 0 Å². The molecule has 0 bridgehead atoms. The molecule has 0 amide bonds. The van der Waals surface area contributed by atoms with Crippen LogP contribution in [0.25, 0.3) is 11.4 Å². The fraction of sp³-hybridized carbons (Fsp3) is 0.222. The quantitative estimate of drug-likeness (QED) is 0.304. The Kier molecular flexibility index (Phi) is 5.76. The molecule has 154 valence electrons. The van der Waals surface area contributed by atoms with E-state index in [-0.39, 0.29) is 5.69 Å². The zero-order valence-electron chi connectivity index (χ0n) is 16.9. The zero-order valence-corrected chi connectivity index (χ0v) is 16.9. The average molecular weight is 408 g/mol. The Morgan fingerprint density at radius 1 is 0.833 bits per heavy atom. The highest BCUT2D eigenvalue weighted by Gasteiger charge is 2.12. The number of nitrogen functional groups attached to an aromatic ring is 1. The van der Waals surface area contributed by atoms with Crippen molar-refractivity contribution >= 4 is 11.4 Å². The summed E-state index contributed by atoms with van der Waals surface area (Å²) in [6, 6.07) is 10.5. The number of tetrazole rings is 2. The highest BCUT2D eigenvalue weighted by molar-refractivity contribution is 5.51. The van der Waals surface area contributed by atoms with E-state index in [2.05, 4.69) is 31.1 Å². The number of nitro benzene ring substituents is 1. The molecule has 0 spiro atoms. The Morgan fingerprint density at radius 2 is 1.33 bits per heavy atom. The summed E-state index contributed by atoms with van der Waals surface area (Å²) in [6.07, 6.45) is 0. The minimum atomic E-state index is -0.411. The summed E-state index contributed by atoms with van der Waals surface area (Å²) >= 11 is 0. The predicted octanol–water partition coefficient (Wildman–Crippen LogP) is 2.05. The van der Waals surface area contributed by atoms with Crippen molar-refractivity contribution in [3.8, 4) is 11.4 Å². The maximum Gasteiger partial charge on any atom is 0.272 e. The second-order valence-electron chi connectivity index (χ2n) is 6.54. The molecule has 0 radical (unpaired) electrons. The molecule has 2 heterocycles. The molecule has 0 atom stereocenters. The summed E-state index contributed by atoms with van der Waals surface area (Å²) in [4.78, 5) is 10.2. The van der Waals surface area contributed by atoms with Gasteiger partial charge in [-0.1, -0.05) is 0 Å². The third-order valence-corrected chi connectivity index (χ3v) is 4.37. The molecule has 0 saturated carbocycles. The minimum absolute atomic E-state index is 0.0921. The van der Waals surface area contributed by atoms with Gasteiger partial charge in [-0.3, -0.25) is 10.1 Å². The van der Waals surface area contributed by atoms with Crippen molar-refractivity contribution in [2.75, 3.05) is 5.73 Å². The summed E-state index contributed by atoms with van der Waals surface area (Å²) in [6.45, 7) is 7.25. The lowest BCUT2D eigenvalue weighted by molar-refractivity contribution is -0.385. The molecule has 12 nitrogen and oxygen atoms in total. The third kappa shape index (κ3) is 4.27. The smallest absolute Gasteiger partial charge is 0.272 e. The summed E-state index contributed by atoms with van der Waals surface area (Å²) < 4.78 is 3.20. The van der Waals surface area contributed by atoms with Gasteiger partial charge in [-0.15, -0.1) is 10.2 Å². The summed E-state index contributed by atoms with van der Waals surface area (Å²) in [5.74, 6) is 1.39. The molecule has 0 saturated heterocycles. The number of anilines is 1. The molecule has 2 aromatic carbocycles. The van der Waals surface area contributed by atoms with E-state index in [0.717, 1.165) is 22.8 Å². The van der Waals surface area contributed by atoms with Crippen molar-refractivity contribution < 1.29 is 4.92 Å². The van der Waals surface area contributed by atoms with Gasteiger partial charge in [0.25, 0.3) is 5.69 Å². The van der Waals surface area contributed by atoms with Crippen LogP contribution in [0.15, 0.2) is 36.4 Å². The molecular formula is C18H20N10O2. The van der Waals surface area contributed by atoms with Crippen LogP contribution in [0.3, 0.4) is 0 Å². The summed E-state index contributed by atoms with van der Waals surface area (Å²) in [7, 11) is 0. The number of benzene rings is 2. The van der Waals surface area contributed by atoms with Crippen LogP contribution in [0.1, 0.15) is 22.8 Å². The van der Waals surface area contributed by atoms with Crippen LogP contribution >= 0.6 is 0 Å². The van der Waals surface area contributed by atoms with Crippen LogP contribution in [-0.2, 0) is 0 Å². The van der Waals surface area contributed by atoms with Crippen LogP contribution in [0.4, 0.5) is 11.4 Å². The van der Waals surface area contributed by atoms with Gasteiger partial charge in [0, 0.05) is 17.3 Å².